The summed E-state index contributed by atoms with van der Waals surface area (Å²) in [5, 5.41) is 4.67. The summed E-state index contributed by atoms with van der Waals surface area (Å²) in [4.78, 5) is 8.25. The zero-order valence-electron chi connectivity index (χ0n) is 8.86. The third-order valence-corrected chi connectivity index (χ3v) is 2.58. The zero-order chi connectivity index (χ0) is 12.3. The average molecular weight is 273 g/mol. The lowest BCUT2D eigenvalue weighted by Crippen LogP contribution is -2.00. The van der Waals surface area contributed by atoms with E-state index in [2.05, 4.69) is 15.1 Å². The molecule has 0 aliphatic carbocycles. The molecule has 0 spiro atoms. The van der Waals surface area contributed by atoms with Gasteiger partial charge in [-0.3, -0.25) is 0 Å². The van der Waals surface area contributed by atoms with Crippen molar-refractivity contribution in [3.8, 4) is 11.5 Å². The van der Waals surface area contributed by atoms with E-state index in [1.807, 2.05) is 0 Å². The van der Waals surface area contributed by atoms with Crippen LogP contribution >= 0.6 is 23.2 Å². The summed E-state index contributed by atoms with van der Waals surface area (Å²) in [6, 6.07) is 1.58. The van der Waals surface area contributed by atoms with Crippen molar-refractivity contribution in [2.24, 2.45) is 5.73 Å². The minimum Gasteiger partial charge on any atom is -0.339 e. The van der Waals surface area contributed by atoms with Crippen LogP contribution in [0.15, 0.2) is 16.8 Å². The van der Waals surface area contributed by atoms with Gasteiger partial charge in [-0.05, 0) is 19.0 Å². The second kappa shape index (κ2) is 5.44. The van der Waals surface area contributed by atoms with Gasteiger partial charge in [-0.2, -0.15) is 4.98 Å². The predicted octanol–water partition coefficient (Wildman–Crippen LogP) is 2.33. The van der Waals surface area contributed by atoms with Gasteiger partial charge in [0.05, 0.1) is 10.0 Å². The van der Waals surface area contributed by atoms with E-state index in [4.69, 9.17) is 33.5 Å². The fraction of sp³-hybridized carbons (Fsp3) is 0.300. The van der Waals surface area contributed by atoms with Crippen LogP contribution < -0.4 is 5.73 Å². The first-order chi connectivity index (χ1) is 8.20. The van der Waals surface area contributed by atoms with Gasteiger partial charge < -0.3 is 10.3 Å². The fourth-order valence-corrected chi connectivity index (χ4v) is 1.75. The summed E-state index contributed by atoms with van der Waals surface area (Å²) in [6.07, 6.45) is 2.93. The summed E-state index contributed by atoms with van der Waals surface area (Å²) in [6.45, 7) is 0.581. The molecule has 0 fully saturated rings. The standard InChI is InChI=1S/C10H10Cl2N4O/c11-6-4-7(12)9(14-5-6)10-15-8(17-16-10)2-1-3-13/h4-5H,1-3,13H2. The zero-order valence-corrected chi connectivity index (χ0v) is 10.4. The maximum atomic E-state index is 5.99. The van der Waals surface area contributed by atoms with Crippen molar-refractivity contribution in [3.63, 3.8) is 0 Å². The molecule has 0 saturated carbocycles. The molecule has 0 aliphatic heterocycles. The third-order valence-electron chi connectivity index (χ3n) is 2.08. The van der Waals surface area contributed by atoms with E-state index < -0.39 is 0 Å². The van der Waals surface area contributed by atoms with E-state index in [-0.39, 0.29) is 0 Å². The molecule has 0 aromatic carbocycles. The van der Waals surface area contributed by atoms with Crippen LogP contribution in [0.2, 0.25) is 10.0 Å². The van der Waals surface area contributed by atoms with Gasteiger partial charge in [0.1, 0.15) is 5.69 Å². The summed E-state index contributed by atoms with van der Waals surface area (Å²) in [5.74, 6) is 0.886. The lowest BCUT2D eigenvalue weighted by atomic mass is 10.3. The normalized spacial score (nSPS) is 10.8. The second-order valence-electron chi connectivity index (χ2n) is 3.39. The Hall–Kier alpha value is -1.17. The van der Waals surface area contributed by atoms with Crippen molar-refractivity contribution in [1.29, 1.82) is 0 Å². The smallest absolute Gasteiger partial charge is 0.227 e. The molecular formula is C10H10Cl2N4O. The molecule has 0 aliphatic rings. The lowest BCUT2D eigenvalue weighted by Gasteiger charge is -1.97. The minimum atomic E-state index is 0.360. The number of hydrogen-bond donors (Lipinski definition) is 1. The largest absolute Gasteiger partial charge is 0.339 e. The van der Waals surface area contributed by atoms with E-state index in [1.165, 1.54) is 6.20 Å². The molecule has 0 atom stereocenters. The molecule has 5 nitrogen and oxygen atoms in total. The maximum Gasteiger partial charge on any atom is 0.227 e. The number of aromatic nitrogens is 3. The van der Waals surface area contributed by atoms with Crippen LogP contribution in [0.1, 0.15) is 12.3 Å². The maximum absolute atomic E-state index is 5.99. The molecule has 2 aromatic rings. The molecule has 90 valence electrons. The van der Waals surface area contributed by atoms with Crippen LogP contribution in [0.5, 0.6) is 0 Å². The molecule has 0 saturated heterocycles. The molecule has 2 rings (SSSR count). The molecule has 2 heterocycles. The Balaban J connectivity index is 2.24. The fourth-order valence-electron chi connectivity index (χ4n) is 1.28. The highest BCUT2D eigenvalue weighted by Crippen LogP contribution is 2.25. The van der Waals surface area contributed by atoms with Gasteiger partial charge in [-0.1, -0.05) is 28.4 Å². The summed E-state index contributed by atoms with van der Waals surface area (Å²) < 4.78 is 5.06. The Kier molecular flexibility index (Phi) is 3.93. The van der Waals surface area contributed by atoms with E-state index >= 15 is 0 Å². The number of aryl methyl sites for hydroxylation is 1. The van der Waals surface area contributed by atoms with Gasteiger partial charge in [0.2, 0.25) is 11.7 Å². The van der Waals surface area contributed by atoms with E-state index in [0.29, 0.717) is 40.4 Å². The highest BCUT2D eigenvalue weighted by Gasteiger charge is 2.13. The van der Waals surface area contributed by atoms with Gasteiger partial charge in [0.25, 0.3) is 0 Å². The van der Waals surface area contributed by atoms with Crippen molar-refractivity contribution in [2.75, 3.05) is 6.54 Å². The van der Waals surface area contributed by atoms with Gasteiger partial charge in [-0.25, -0.2) is 4.98 Å². The van der Waals surface area contributed by atoms with Crippen molar-refractivity contribution in [2.45, 2.75) is 12.8 Å². The molecule has 0 radical (unpaired) electrons. The van der Waals surface area contributed by atoms with Crippen LogP contribution in [0.25, 0.3) is 11.5 Å². The molecule has 0 amide bonds. The number of rotatable bonds is 4. The van der Waals surface area contributed by atoms with Crippen molar-refractivity contribution < 1.29 is 4.52 Å². The Morgan fingerprint density at radius 2 is 2.18 bits per heavy atom. The van der Waals surface area contributed by atoms with Crippen LogP contribution in [0.4, 0.5) is 0 Å². The van der Waals surface area contributed by atoms with Crippen LogP contribution in [0.3, 0.4) is 0 Å². The van der Waals surface area contributed by atoms with E-state index in [0.717, 1.165) is 6.42 Å². The van der Waals surface area contributed by atoms with Gasteiger partial charge in [0.15, 0.2) is 0 Å². The molecule has 7 heteroatoms. The lowest BCUT2D eigenvalue weighted by molar-refractivity contribution is 0.376. The molecule has 2 N–H and O–H groups in total. The number of hydrogen-bond acceptors (Lipinski definition) is 5. The van der Waals surface area contributed by atoms with Gasteiger partial charge in [-0.15, -0.1) is 0 Å². The number of nitrogens with two attached hydrogens (primary N) is 1. The third kappa shape index (κ3) is 2.94. The quantitative estimate of drug-likeness (QED) is 0.924. The SMILES string of the molecule is NCCCc1nc(-c2ncc(Cl)cc2Cl)no1. The molecule has 0 unspecified atom stereocenters. The Labute approximate surface area is 108 Å². The Morgan fingerprint density at radius 3 is 2.88 bits per heavy atom. The first-order valence-corrected chi connectivity index (χ1v) is 5.80. The monoisotopic (exact) mass is 272 g/mol. The first-order valence-electron chi connectivity index (χ1n) is 5.05. The number of pyridine rings is 1. The van der Waals surface area contributed by atoms with Crippen molar-refractivity contribution in [3.05, 3.63) is 28.2 Å². The summed E-state index contributed by atoms with van der Waals surface area (Å²) in [7, 11) is 0. The molecule has 2 aromatic heterocycles. The Morgan fingerprint density at radius 1 is 1.35 bits per heavy atom. The topological polar surface area (TPSA) is 77.8 Å². The minimum absolute atomic E-state index is 0.360. The van der Waals surface area contributed by atoms with E-state index in [1.54, 1.807) is 6.07 Å². The van der Waals surface area contributed by atoms with Crippen LogP contribution in [0, 0.1) is 0 Å². The van der Waals surface area contributed by atoms with Gasteiger partial charge in [0, 0.05) is 12.6 Å². The molecule has 17 heavy (non-hydrogen) atoms. The first kappa shape index (κ1) is 12.3. The number of nitrogens with zero attached hydrogens (tertiary/aromatic N) is 3. The van der Waals surface area contributed by atoms with Crippen molar-refractivity contribution >= 4 is 23.2 Å². The van der Waals surface area contributed by atoms with Gasteiger partial charge >= 0.3 is 0 Å². The predicted molar refractivity (Wildman–Crippen MR) is 64.9 cm³/mol. The number of halogens is 2. The highest BCUT2D eigenvalue weighted by atomic mass is 35.5. The molecule has 0 bridgehead atoms. The average Bonchev–Trinajstić information content (AvgIpc) is 2.75. The molecular weight excluding hydrogens is 263 g/mol. The summed E-state index contributed by atoms with van der Waals surface area (Å²) in [5.41, 5.74) is 5.85. The summed E-state index contributed by atoms with van der Waals surface area (Å²) >= 11 is 11.7. The van der Waals surface area contributed by atoms with Crippen LogP contribution in [-0.2, 0) is 6.42 Å². The second-order valence-corrected chi connectivity index (χ2v) is 4.23. The van der Waals surface area contributed by atoms with Crippen molar-refractivity contribution in [1.82, 2.24) is 15.1 Å². The van der Waals surface area contributed by atoms with Crippen LogP contribution in [-0.4, -0.2) is 21.7 Å². The Bertz CT molecular complexity index is 515. The van der Waals surface area contributed by atoms with E-state index in [9.17, 15) is 0 Å². The highest BCUT2D eigenvalue weighted by molar-refractivity contribution is 6.35.